The van der Waals surface area contributed by atoms with Gasteiger partial charge in [0, 0.05) is 0 Å². The van der Waals surface area contributed by atoms with Gasteiger partial charge in [-0.1, -0.05) is 134 Å². The number of nitrogens with one attached hydrogen (secondary N) is 2. The smallest absolute Gasteiger partial charge is 0.139 e. The number of thiocarbonyl (C=S) groups is 2. The van der Waals surface area contributed by atoms with Crippen LogP contribution in [0.15, 0.2) is 167 Å². The van der Waals surface area contributed by atoms with Gasteiger partial charge in [0.05, 0.1) is 56.7 Å². The largest absolute Gasteiger partial charge is 0.353 e. The lowest BCUT2D eigenvalue weighted by atomic mass is 10.0. The van der Waals surface area contributed by atoms with Gasteiger partial charge in [0.15, 0.2) is 0 Å². The fraction of sp³-hybridized carbons (Fsp3) is 0.0500. The molecule has 0 saturated heterocycles. The lowest BCUT2D eigenvalue weighted by Crippen LogP contribution is -2.22. The predicted octanol–water partition coefficient (Wildman–Crippen LogP) is 9.78. The molecule has 0 aromatic heterocycles. The minimum absolute atomic E-state index is 0.631. The second-order valence-electron chi connectivity index (χ2n) is 11.3. The van der Waals surface area contributed by atoms with E-state index < -0.39 is 0 Å². The molecule has 2 N–H and O–H groups in total. The molecule has 2 aliphatic heterocycles. The van der Waals surface area contributed by atoms with E-state index in [0.717, 1.165) is 67.8 Å². The van der Waals surface area contributed by atoms with E-state index in [0.29, 0.717) is 9.98 Å². The highest BCUT2D eigenvalue weighted by Crippen LogP contribution is 2.36. The zero-order valence-electron chi connectivity index (χ0n) is 26.5. The fourth-order valence-electron chi connectivity index (χ4n) is 5.81. The number of hydrogen-bond donors (Lipinski definition) is 2. The molecule has 5 aromatic rings. The Kier molecular flexibility index (Phi) is 8.74. The van der Waals surface area contributed by atoms with Crippen molar-refractivity contribution in [3.8, 4) is 0 Å². The van der Waals surface area contributed by atoms with Crippen LogP contribution in [0.1, 0.15) is 25.0 Å². The van der Waals surface area contributed by atoms with Gasteiger partial charge in [-0.05, 0) is 61.4 Å². The Hall–Kier alpha value is -5.70. The second-order valence-corrected chi connectivity index (χ2v) is 12.1. The monoisotopic (exact) mass is 660 g/mol. The van der Waals surface area contributed by atoms with Gasteiger partial charge in [0.1, 0.15) is 9.98 Å². The van der Waals surface area contributed by atoms with Crippen LogP contribution in [-0.4, -0.2) is 21.4 Å². The molecule has 0 saturated carbocycles. The standard InChI is InChI=1S/C40H32N6S2/c1-27-35(39(47)45(43-27)31-21-11-5-12-22-31)37(29-17-7-3-8-18-29)41-33-25-15-16-26-34(33)42-38(30-19-9-4-10-20-30)36-28(2)44-46(40(36)48)32-23-13-6-14-24-32/h3-26,41-42H,1-2H3/b37-35-,38-36-. The zero-order chi connectivity index (χ0) is 33.0. The number of rotatable bonds is 8. The van der Waals surface area contributed by atoms with Crippen molar-refractivity contribution in [2.45, 2.75) is 13.8 Å². The van der Waals surface area contributed by atoms with Gasteiger partial charge in [0.25, 0.3) is 0 Å². The molecule has 8 heteroatoms. The summed E-state index contributed by atoms with van der Waals surface area (Å²) in [7, 11) is 0. The van der Waals surface area contributed by atoms with Crippen LogP contribution in [0.5, 0.6) is 0 Å². The Morgan fingerprint density at radius 3 is 1.12 bits per heavy atom. The summed E-state index contributed by atoms with van der Waals surface area (Å²) >= 11 is 12.2. The van der Waals surface area contributed by atoms with E-state index in [2.05, 4.69) is 47.0 Å². The molecular weight excluding hydrogens is 629 g/mol. The predicted molar refractivity (Wildman–Crippen MR) is 210 cm³/mol. The quantitative estimate of drug-likeness (QED) is 0.128. The third kappa shape index (κ3) is 6.07. The van der Waals surface area contributed by atoms with Crippen LogP contribution in [0, 0.1) is 0 Å². The normalized spacial score (nSPS) is 16.5. The molecule has 0 aliphatic carbocycles. The zero-order valence-corrected chi connectivity index (χ0v) is 28.1. The Morgan fingerprint density at radius 1 is 0.458 bits per heavy atom. The highest BCUT2D eigenvalue weighted by atomic mass is 32.1. The van der Waals surface area contributed by atoms with E-state index in [4.69, 9.17) is 34.6 Å². The second kappa shape index (κ2) is 13.6. The van der Waals surface area contributed by atoms with Crippen molar-refractivity contribution in [1.82, 2.24) is 0 Å². The molecule has 2 aliphatic rings. The van der Waals surface area contributed by atoms with Gasteiger partial charge in [-0.3, -0.25) is 0 Å². The number of para-hydroxylation sites is 4. The number of nitrogens with zero attached hydrogens (tertiary/aromatic N) is 4. The number of benzene rings is 5. The Morgan fingerprint density at radius 2 is 0.771 bits per heavy atom. The summed E-state index contributed by atoms with van der Waals surface area (Å²) in [6.07, 6.45) is 0. The Labute approximate surface area is 291 Å². The van der Waals surface area contributed by atoms with Crippen LogP contribution in [0.25, 0.3) is 11.4 Å². The molecule has 2 heterocycles. The first-order valence-corrected chi connectivity index (χ1v) is 16.4. The Bertz CT molecular complexity index is 1970. The maximum Gasteiger partial charge on any atom is 0.139 e. The summed E-state index contributed by atoms with van der Waals surface area (Å²) in [6, 6.07) is 48.6. The summed E-state index contributed by atoms with van der Waals surface area (Å²) in [6.45, 7) is 4.00. The third-order valence-electron chi connectivity index (χ3n) is 8.11. The van der Waals surface area contributed by atoms with E-state index in [1.54, 1.807) is 0 Å². The van der Waals surface area contributed by atoms with E-state index in [1.165, 1.54) is 0 Å². The molecule has 0 spiro atoms. The van der Waals surface area contributed by atoms with Crippen molar-refractivity contribution in [1.29, 1.82) is 0 Å². The SMILES string of the molecule is CC1=NN(c2ccccc2)C(=S)/C1=C(\Nc1ccccc1N/C(=C1\C(=S)N(c2ccccc2)N=C1C)c1ccccc1)c1ccccc1. The van der Waals surface area contributed by atoms with Crippen molar-refractivity contribution in [3.05, 3.63) is 168 Å². The molecule has 234 valence electrons. The van der Waals surface area contributed by atoms with Crippen molar-refractivity contribution >= 4 is 80.0 Å². The van der Waals surface area contributed by atoms with Crippen LogP contribution in [-0.2, 0) is 0 Å². The van der Waals surface area contributed by atoms with Crippen molar-refractivity contribution in [3.63, 3.8) is 0 Å². The lowest BCUT2D eigenvalue weighted by molar-refractivity contribution is 1.17. The van der Waals surface area contributed by atoms with Gasteiger partial charge in [-0.15, -0.1) is 0 Å². The molecule has 0 bridgehead atoms. The molecule has 0 fully saturated rings. The highest BCUT2D eigenvalue weighted by Gasteiger charge is 2.31. The minimum atomic E-state index is 0.631. The van der Waals surface area contributed by atoms with Gasteiger partial charge in [-0.25, -0.2) is 10.0 Å². The van der Waals surface area contributed by atoms with Gasteiger partial charge in [0.2, 0.25) is 0 Å². The van der Waals surface area contributed by atoms with Crippen LogP contribution < -0.4 is 20.7 Å². The third-order valence-corrected chi connectivity index (χ3v) is 8.86. The fourth-order valence-corrected chi connectivity index (χ4v) is 6.61. The molecule has 7 rings (SSSR count). The summed E-state index contributed by atoms with van der Waals surface area (Å²) in [5.41, 5.74) is 10.7. The van der Waals surface area contributed by atoms with Gasteiger partial charge in [-0.2, -0.15) is 10.2 Å². The number of hydrogen-bond acceptors (Lipinski definition) is 6. The summed E-state index contributed by atoms with van der Waals surface area (Å²) in [5, 5.41) is 20.9. The van der Waals surface area contributed by atoms with Crippen LogP contribution >= 0.6 is 24.4 Å². The number of hydrazone groups is 2. The molecule has 0 radical (unpaired) electrons. The molecule has 0 atom stereocenters. The average molecular weight is 661 g/mol. The maximum absolute atomic E-state index is 6.09. The first-order valence-electron chi connectivity index (χ1n) is 15.6. The summed E-state index contributed by atoms with van der Waals surface area (Å²) < 4.78 is 0. The lowest BCUT2D eigenvalue weighted by Gasteiger charge is -2.22. The average Bonchev–Trinajstić information content (AvgIpc) is 3.60. The van der Waals surface area contributed by atoms with Crippen LogP contribution in [0.3, 0.4) is 0 Å². The maximum atomic E-state index is 6.09. The molecule has 0 unspecified atom stereocenters. The van der Waals surface area contributed by atoms with Crippen LogP contribution in [0.4, 0.5) is 22.7 Å². The molecule has 5 aromatic carbocycles. The molecule has 6 nitrogen and oxygen atoms in total. The topological polar surface area (TPSA) is 55.3 Å². The van der Waals surface area contributed by atoms with E-state index in [1.807, 2.05) is 133 Å². The van der Waals surface area contributed by atoms with E-state index in [-0.39, 0.29) is 0 Å². The van der Waals surface area contributed by atoms with E-state index in [9.17, 15) is 0 Å². The minimum Gasteiger partial charge on any atom is -0.353 e. The summed E-state index contributed by atoms with van der Waals surface area (Å²) in [5.74, 6) is 0. The van der Waals surface area contributed by atoms with Crippen LogP contribution in [0.2, 0.25) is 0 Å². The first-order chi connectivity index (χ1) is 23.5. The molecular formula is C40H32N6S2. The molecule has 0 amide bonds. The molecule has 48 heavy (non-hydrogen) atoms. The number of anilines is 4. The van der Waals surface area contributed by atoms with Gasteiger partial charge < -0.3 is 10.6 Å². The Balaban J connectivity index is 1.32. The first kappa shape index (κ1) is 30.9. The van der Waals surface area contributed by atoms with E-state index >= 15 is 0 Å². The highest BCUT2D eigenvalue weighted by molar-refractivity contribution is 7.81. The van der Waals surface area contributed by atoms with Crippen molar-refractivity contribution < 1.29 is 0 Å². The summed E-state index contributed by atoms with van der Waals surface area (Å²) in [4.78, 5) is 1.26. The van der Waals surface area contributed by atoms with Crippen molar-refractivity contribution in [2.24, 2.45) is 10.2 Å². The van der Waals surface area contributed by atoms with Crippen molar-refractivity contribution in [2.75, 3.05) is 20.7 Å². The van der Waals surface area contributed by atoms with Gasteiger partial charge >= 0.3 is 0 Å².